The van der Waals surface area contributed by atoms with Gasteiger partial charge in [0.15, 0.2) is 4.80 Å². The summed E-state index contributed by atoms with van der Waals surface area (Å²) in [5.74, 6) is 0.167. The van der Waals surface area contributed by atoms with Crippen molar-refractivity contribution in [2.24, 2.45) is 4.99 Å². The lowest BCUT2D eigenvalue weighted by atomic mass is 9.96. The van der Waals surface area contributed by atoms with Gasteiger partial charge in [-0.3, -0.25) is 9.36 Å². The molecule has 1 aliphatic heterocycles. The van der Waals surface area contributed by atoms with Crippen molar-refractivity contribution in [2.75, 3.05) is 6.61 Å². The van der Waals surface area contributed by atoms with Gasteiger partial charge in [-0.25, -0.2) is 9.79 Å². The number of nitrogens with zero attached hydrogens (tertiary/aromatic N) is 2. The number of benzene rings is 3. The predicted octanol–water partition coefficient (Wildman–Crippen LogP) is 5.68. The van der Waals surface area contributed by atoms with Crippen molar-refractivity contribution in [3.05, 3.63) is 130 Å². The van der Waals surface area contributed by atoms with E-state index in [2.05, 4.69) is 4.99 Å². The molecule has 0 bridgehead atoms. The van der Waals surface area contributed by atoms with Gasteiger partial charge in [0.2, 0.25) is 0 Å². The summed E-state index contributed by atoms with van der Waals surface area (Å²) in [4.78, 5) is 31.9. The molecule has 3 aromatic carbocycles. The van der Waals surface area contributed by atoms with E-state index in [1.54, 1.807) is 42.7 Å². The molecule has 5 rings (SSSR count). The van der Waals surface area contributed by atoms with Crippen LogP contribution in [0.3, 0.4) is 0 Å². The van der Waals surface area contributed by atoms with Crippen LogP contribution in [-0.2, 0) is 16.1 Å². The number of ether oxygens (including phenoxy) is 2. The van der Waals surface area contributed by atoms with Gasteiger partial charge < -0.3 is 9.47 Å². The summed E-state index contributed by atoms with van der Waals surface area (Å²) in [5.41, 5.74) is 3.08. The third kappa shape index (κ3) is 5.71. The molecule has 0 fully saturated rings. The maximum Gasteiger partial charge on any atom is 0.338 e. The average Bonchev–Trinajstić information content (AvgIpc) is 3.23. The van der Waals surface area contributed by atoms with Gasteiger partial charge in [0, 0.05) is 0 Å². The first-order valence-corrected chi connectivity index (χ1v) is 13.8. The Kier molecular flexibility index (Phi) is 8.02. The molecular formula is C30H24Cl2N2O4S. The summed E-state index contributed by atoms with van der Waals surface area (Å²) in [6.07, 6.45) is 1.74. The highest BCUT2D eigenvalue weighted by Gasteiger charge is 2.33. The zero-order valence-electron chi connectivity index (χ0n) is 21.2. The maximum absolute atomic E-state index is 13.7. The largest absolute Gasteiger partial charge is 0.489 e. The molecule has 4 aromatic rings. The molecule has 6 nitrogen and oxygen atoms in total. The molecule has 0 amide bonds. The number of thiazole rings is 1. The van der Waals surface area contributed by atoms with Crippen LogP contribution in [0.25, 0.3) is 6.08 Å². The first kappa shape index (κ1) is 26.9. The molecule has 198 valence electrons. The fourth-order valence-electron chi connectivity index (χ4n) is 4.35. The highest BCUT2D eigenvalue weighted by atomic mass is 35.5. The second-order valence-corrected chi connectivity index (χ2v) is 10.6. The van der Waals surface area contributed by atoms with Crippen molar-refractivity contribution in [3.63, 3.8) is 0 Å². The number of carbonyl (C=O) groups excluding carboxylic acids is 1. The van der Waals surface area contributed by atoms with Gasteiger partial charge in [0.1, 0.15) is 12.4 Å². The number of hydrogen-bond acceptors (Lipinski definition) is 6. The molecule has 39 heavy (non-hydrogen) atoms. The minimum absolute atomic E-state index is 0.205. The molecule has 0 N–H and O–H groups in total. The average molecular weight is 580 g/mol. The van der Waals surface area contributed by atoms with Crippen molar-refractivity contribution >= 4 is 46.6 Å². The van der Waals surface area contributed by atoms with Crippen LogP contribution in [0.1, 0.15) is 36.6 Å². The Morgan fingerprint density at radius 1 is 1.05 bits per heavy atom. The van der Waals surface area contributed by atoms with Gasteiger partial charge in [-0.15, -0.1) is 0 Å². The number of rotatable bonds is 7. The van der Waals surface area contributed by atoms with E-state index in [0.29, 0.717) is 43.0 Å². The Hall–Kier alpha value is -3.65. The van der Waals surface area contributed by atoms with Crippen LogP contribution in [0.15, 0.2) is 93.9 Å². The Morgan fingerprint density at radius 2 is 1.79 bits per heavy atom. The highest BCUT2D eigenvalue weighted by Crippen LogP contribution is 2.32. The summed E-state index contributed by atoms with van der Waals surface area (Å²) in [6, 6.07) is 21.7. The fraction of sp³-hybridized carbons (Fsp3) is 0.167. The molecule has 9 heteroatoms. The van der Waals surface area contributed by atoms with E-state index in [9.17, 15) is 9.59 Å². The lowest BCUT2D eigenvalue weighted by Crippen LogP contribution is -2.39. The molecule has 0 aliphatic carbocycles. The van der Waals surface area contributed by atoms with E-state index >= 15 is 0 Å². The molecule has 0 radical (unpaired) electrons. The number of aromatic nitrogens is 1. The monoisotopic (exact) mass is 578 g/mol. The summed E-state index contributed by atoms with van der Waals surface area (Å²) < 4.78 is 13.3. The van der Waals surface area contributed by atoms with E-state index in [1.165, 1.54) is 11.3 Å². The number of fused-ring (bicyclic) bond motifs is 1. The fourth-order valence-corrected chi connectivity index (χ4v) is 5.70. The zero-order chi connectivity index (χ0) is 27.5. The van der Waals surface area contributed by atoms with Crippen LogP contribution in [0.2, 0.25) is 10.0 Å². The zero-order valence-corrected chi connectivity index (χ0v) is 23.5. The van der Waals surface area contributed by atoms with Crippen LogP contribution in [-0.4, -0.2) is 17.1 Å². The lowest BCUT2D eigenvalue weighted by molar-refractivity contribution is -0.139. The molecule has 1 atom stereocenters. The normalized spacial score (nSPS) is 15.1. The van der Waals surface area contributed by atoms with Crippen molar-refractivity contribution in [3.8, 4) is 5.75 Å². The van der Waals surface area contributed by atoms with E-state index in [1.807, 2.05) is 54.6 Å². The summed E-state index contributed by atoms with van der Waals surface area (Å²) in [6.45, 7) is 4.13. The minimum atomic E-state index is -0.709. The summed E-state index contributed by atoms with van der Waals surface area (Å²) >= 11 is 13.5. The van der Waals surface area contributed by atoms with Gasteiger partial charge in [-0.05, 0) is 60.9 Å². The Bertz CT molecular complexity index is 1740. The molecule has 2 heterocycles. The van der Waals surface area contributed by atoms with E-state index in [0.717, 1.165) is 16.7 Å². The van der Waals surface area contributed by atoms with Gasteiger partial charge >= 0.3 is 5.97 Å². The quantitative estimate of drug-likeness (QED) is 0.264. The smallest absolute Gasteiger partial charge is 0.338 e. The van der Waals surface area contributed by atoms with Gasteiger partial charge in [0.25, 0.3) is 5.56 Å². The molecule has 1 aromatic heterocycles. The molecule has 1 aliphatic rings. The standard InChI is InChI=1S/C30H24Cl2N2O4S/c1-3-37-29(36)26-18(2)33-30-34(28(35)25(39-30)16-20-9-14-23(31)24(32)15-20)27(26)21-10-12-22(13-11-21)38-17-19-7-5-4-6-8-19/h4-16,27H,3,17H2,1-2H3/b25-16-. The lowest BCUT2D eigenvalue weighted by Gasteiger charge is -2.24. The SMILES string of the molecule is CCOC(=O)C1=C(C)N=c2s/c(=C\c3ccc(Cl)c(Cl)c3)c(=O)n2C1c1ccc(OCc2ccccc2)cc1. The second kappa shape index (κ2) is 11.6. The van der Waals surface area contributed by atoms with Crippen molar-refractivity contribution in [2.45, 2.75) is 26.5 Å². The van der Waals surface area contributed by atoms with Gasteiger partial charge in [-0.1, -0.05) is 83.1 Å². The third-order valence-corrected chi connectivity index (χ3v) is 7.92. The summed E-state index contributed by atoms with van der Waals surface area (Å²) in [7, 11) is 0. The van der Waals surface area contributed by atoms with Crippen LogP contribution >= 0.6 is 34.5 Å². The van der Waals surface area contributed by atoms with Crippen LogP contribution in [0, 0.1) is 0 Å². The van der Waals surface area contributed by atoms with E-state index in [-0.39, 0.29) is 12.2 Å². The molecule has 0 spiro atoms. The van der Waals surface area contributed by atoms with E-state index in [4.69, 9.17) is 32.7 Å². The molecular weight excluding hydrogens is 555 g/mol. The maximum atomic E-state index is 13.7. The Labute approximate surface area is 239 Å². The summed E-state index contributed by atoms with van der Waals surface area (Å²) in [5, 5.41) is 0.826. The van der Waals surface area contributed by atoms with Crippen molar-refractivity contribution < 1.29 is 14.3 Å². The third-order valence-electron chi connectivity index (χ3n) is 6.20. The Morgan fingerprint density at radius 3 is 2.49 bits per heavy atom. The number of hydrogen-bond donors (Lipinski definition) is 0. The van der Waals surface area contributed by atoms with Crippen molar-refractivity contribution in [1.82, 2.24) is 4.57 Å². The number of carbonyl (C=O) groups is 1. The van der Waals surface area contributed by atoms with Crippen LogP contribution < -0.4 is 19.6 Å². The molecule has 0 saturated carbocycles. The van der Waals surface area contributed by atoms with Crippen LogP contribution in [0.4, 0.5) is 0 Å². The number of esters is 1. The predicted molar refractivity (Wildman–Crippen MR) is 154 cm³/mol. The second-order valence-electron chi connectivity index (χ2n) is 8.82. The molecule has 1 unspecified atom stereocenters. The first-order chi connectivity index (χ1) is 18.9. The molecule has 0 saturated heterocycles. The van der Waals surface area contributed by atoms with Gasteiger partial charge in [-0.2, -0.15) is 0 Å². The van der Waals surface area contributed by atoms with Crippen LogP contribution in [0.5, 0.6) is 5.75 Å². The van der Waals surface area contributed by atoms with Crippen molar-refractivity contribution in [1.29, 1.82) is 0 Å². The van der Waals surface area contributed by atoms with Gasteiger partial charge in [0.05, 0.1) is 38.5 Å². The number of allylic oxidation sites excluding steroid dienone is 1. The number of halogens is 2. The Balaban J connectivity index is 1.56. The highest BCUT2D eigenvalue weighted by molar-refractivity contribution is 7.07. The first-order valence-electron chi connectivity index (χ1n) is 12.3. The van der Waals surface area contributed by atoms with E-state index < -0.39 is 12.0 Å². The topological polar surface area (TPSA) is 69.9 Å². The minimum Gasteiger partial charge on any atom is -0.489 e.